The second-order valence-electron chi connectivity index (χ2n) is 3.19. The quantitative estimate of drug-likeness (QED) is 0.493. The minimum Gasteiger partial charge on any atom is -0.373 e. The molecule has 0 amide bonds. The zero-order valence-electron chi connectivity index (χ0n) is 8.01. The van der Waals surface area contributed by atoms with Crippen molar-refractivity contribution < 1.29 is 9.63 Å². The van der Waals surface area contributed by atoms with Gasteiger partial charge in [0, 0.05) is 0 Å². The van der Waals surface area contributed by atoms with E-state index < -0.39 is 0 Å². The Balaban J connectivity index is 3.31. The number of hydrogen-bond donors (Lipinski definition) is 1. The zero-order chi connectivity index (χ0) is 9.40. The lowest BCUT2D eigenvalue weighted by Crippen LogP contribution is -2.18. The molecule has 0 bridgehead atoms. The summed E-state index contributed by atoms with van der Waals surface area (Å²) in [7, 11) is 0. The summed E-state index contributed by atoms with van der Waals surface area (Å²) in [6.45, 7) is 4.01. The van der Waals surface area contributed by atoms with Gasteiger partial charge in [-0.2, -0.15) is 5.90 Å². The highest BCUT2D eigenvalue weighted by molar-refractivity contribution is 5.71. The van der Waals surface area contributed by atoms with E-state index in [4.69, 9.17) is 5.90 Å². The largest absolute Gasteiger partial charge is 0.373 e. The fraction of sp³-hybridized carbons (Fsp3) is 0.889. The lowest BCUT2D eigenvalue weighted by atomic mass is 10.0. The smallest absolute Gasteiger partial charge is 0.327 e. The van der Waals surface area contributed by atoms with Crippen molar-refractivity contribution in [2.24, 2.45) is 11.8 Å². The van der Waals surface area contributed by atoms with E-state index in [0.29, 0.717) is 0 Å². The molecule has 72 valence electrons. The van der Waals surface area contributed by atoms with Crippen molar-refractivity contribution in [2.45, 2.75) is 46.0 Å². The first kappa shape index (κ1) is 11.4. The summed E-state index contributed by atoms with van der Waals surface area (Å²) in [6.07, 6.45) is 5.62. The molecule has 0 spiro atoms. The molecule has 3 heteroatoms. The van der Waals surface area contributed by atoms with E-state index in [9.17, 15) is 4.79 Å². The summed E-state index contributed by atoms with van der Waals surface area (Å²) in [5.74, 6) is 4.41. The molecule has 0 aliphatic carbocycles. The Labute approximate surface area is 74.2 Å². The number of unbranched alkanes of at least 4 members (excludes halogenated alkanes) is 3. The molecule has 0 saturated carbocycles. The summed E-state index contributed by atoms with van der Waals surface area (Å²) in [5, 5.41) is 0. The average Bonchev–Trinajstić information content (AvgIpc) is 2.10. The Bertz CT molecular complexity index is 126. The molecule has 0 fully saturated rings. The number of carbonyl (C=O) groups excluding carboxylic acids is 1. The van der Waals surface area contributed by atoms with Crippen molar-refractivity contribution in [3.05, 3.63) is 0 Å². The van der Waals surface area contributed by atoms with Gasteiger partial charge in [0.05, 0.1) is 5.92 Å². The monoisotopic (exact) mass is 173 g/mol. The lowest BCUT2D eigenvalue weighted by molar-refractivity contribution is -0.148. The summed E-state index contributed by atoms with van der Waals surface area (Å²) < 4.78 is 0. The minimum absolute atomic E-state index is 0.0492. The SMILES string of the molecule is CCCCCCC(C)C(=O)ON. The molecular weight excluding hydrogens is 154 g/mol. The Morgan fingerprint density at radius 1 is 1.42 bits per heavy atom. The van der Waals surface area contributed by atoms with Crippen LogP contribution in [0.4, 0.5) is 0 Å². The van der Waals surface area contributed by atoms with Gasteiger partial charge >= 0.3 is 5.97 Å². The van der Waals surface area contributed by atoms with Crippen LogP contribution in [0.1, 0.15) is 46.0 Å². The molecule has 0 aliphatic heterocycles. The van der Waals surface area contributed by atoms with Crippen molar-refractivity contribution in [3.8, 4) is 0 Å². The van der Waals surface area contributed by atoms with Gasteiger partial charge in [-0.1, -0.05) is 39.5 Å². The van der Waals surface area contributed by atoms with E-state index in [1.807, 2.05) is 6.92 Å². The topological polar surface area (TPSA) is 52.3 Å². The van der Waals surface area contributed by atoms with Gasteiger partial charge in [0.1, 0.15) is 0 Å². The maximum absolute atomic E-state index is 10.8. The first-order valence-corrected chi connectivity index (χ1v) is 4.63. The van der Waals surface area contributed by atoms with E-state index in [1.54, 1.807) is 0 Å². The molecule has 0 aromatic heterocycles. The van der Waals surface area contributed by atoms with Crippen LogP contribution >= 0.6 is 0 Å². The Morgan fingerprint density at radius 2 is 2.08 bits per heavy atom. The van der Waals surface area contributed by atoms with Gasteiger partial charge in [0.15, 0.2) is 0 Å². The zero-order valence-corrected chi connectivity index (χ0v) is 8.01. The van der Waals surface area contributed by atoms with Gasteiger partial charge in [-0.3, -0.25) is 4.79 Å². The molecule has 0 aromatic carbocycles. The Morgan fingerprint density at radius 3 is 2.58 bits per heavy atom. The van der Waals surface area contributed by atoms with Gasteiger partial charge in [-0.15, -0.1) is 0 Å². The van der Waals surface area contributed by atoms with Crippen LogP contribution in [0.5, 0.6) is 0 Å². The van der Waals surface area contributed by atoms with Crippen molar-refractivity contribution in [2.75, 3.05) is 0 Å². The number of nitrogens with two attached hydrogens (primary N) is 1. The summed E-state index contributed by atoms with van der Waals surface area (Å²) >= 11 is 0. The normalized spacial score (nSPS) is 12.6. The fourth-order valence-electron chi connectivity index (χ4n) is 1.11. The van der Waals surface area contributed by atoms with Crippen molar-refractivity contribution in [3.63, 3.8) is 0 Å². The van der Waals surface area contributed by atoms with E-state index in [-0.39, 0.29) is 11.9 Å². The highest BCUT2D eigenvalue weighted by Gasteiger charge is 2.12. The molecule has 3 nitrogen and oxygen atoms in total. The predicted octanol–water partition coefficient (Wildman–Crippen LogP) is 2.01. The third-order valence-electron chi connectivity index (χ3n) is 2.01. The van der Waals surface area contributed by atoms with E-state index in [2.05, 4.69) is 11.8 Å². The third kappa shape index (κ3) is 5.13. The van der Waals surface area contributed by atoms with E-state index in [0.717, 1.165) is 12.8 Å². The van der Waals surface area contributed by atoms with Crippen LogP contribution in [-0.2, 0) is 9.63 Å². The number of rotatable bonds is 6. The summed E-state index contributed by atoms with van der Waals surface area (Å²) in [6, 6.07) is 0. The van der Waals surface area contributed by atoms with Crippen LogP contribution in [0.3, 0.4) is 0 Å². The lowest BCUT2D eigenvalue weighted by Gasteiger charge is -2.06. The molecule has 0 aliphatic rings. The second kappa shape index (κ2) is 7.10. The highest BCUT2D eigenvalue weighted by Crippen LogP contribution is 2.10. The second-order valence-corrected chi connectivity index (χ2v) is 3.19. The molecule has 12 heavy (non-hydrogen) atoms. The Hall–Kier alpha value is -0.570. The standard InChI is InChI=1S/C9H19NO2/c1-3-4-5-6-7-8(2)9(11)12-10/h8H,3-7,10H2,1-2H3. The first-order chi connectivity index (χ1) is 5.72. The molecule has 0 saturated heterocycles. The van der Waals surface area contributed by atoms with E-state index >= 15 is 0 Å². The van der Waals surface area contributed by atoms with Crippen LogP contribution in [0, 0.1) is 5.92 Å². The van der Waals surface area contributed by atoms with Gasteiger partial charge < -0.3 is 4.84 Å². The van der Waals surface area contributed by atoms with E-state index in [1.165, 1.54) is 19.3 Å². The molecule has 0 rings (SSSR count). The molecule has 0 heterocycles. The van der Waals surface area contributed by atoms with Gasteiger partial charge in [-0.25, -0.2) is 0 Å². The fourth-order valence-corrected chi connectivity index (χ4v) is 1.11. The van der Waals surface area contributed by atoms with Crippen LogP contribution in [-0.4, -0.2) is 5.97 Å². The molecule has 1 atom stereocenters. The molecule has 2 N–H and O–H groups in total. The van der Waals surface area contributed by atoms with Crippen molar-refractivity contribution >= 4 is 5.97 Å². The van der Waals surface area contributed by atoms with Crippen molar-refractivity contribution in [1.82, 2.24) is 0 Å². The maximum atomic E-state index is 10.8. The summed E-state index contributed by atoms with van der Waals surface area (Å²) in [4.78, 5) is 15.0. The molecule has 1 unspecified atom stereocenters. The van der Waals surface area contributed by atoms with Crippen LogP contribution in [0.2, 0.25) is 0 Å². The van der Waals surface area contributed by atoms with Crippen LogP contribution in [0.15, 0.2) is 0 Å². The van der Waals surface area contributed by atoms with Gasteiger partial charge in [-0.05, 0) is 6.42 Å². The average molecular weight is 173 g/mol. The molecular formula is C9H19NO2. The van der Waals surface area contributed by atoms with Crippen molar-refractivity contribution in [1.29, 1.82) is 0 Å². The van der Waals surface area contributed by atoms with Crippen LogP contribution < -0.4 is 5.90 Å². The number of carbonyl (C=O) groups is 1. The minimum atomic E-state index is -0.300. The molecule has 0 radical (unpaired) electrons. The molecule has 0 aromatic rings. The Kier molecular flexibility index (Phi) is 6.76. The van der Waals surface area contributed by atoms with Crippen LogP contribution in [0.25, 0.3) is 0 Å². The van der Waals surface area contributed by atoms with Gasteiger partial charge in [0.25, 0.3) is 0 Å². The predicted molar refractivity (Wildman–Crippen MR) is 48.2 cm³/mol. The first-order valence-electron chi connectivity index (χ1n) is 4.63. The van der Waals surface area contributed by atoms with Gasteiger partial charge in [0.2, 0.25) is 0 Å². The maximum Gasteiger partial charge on any atom is 0.327 e. The third-order valence-corrected chi connectivity index (χ3v) is 2.01. The number of hydrogen-bond acceptors (Lipinski definition) is 3. The highest BCUT2D eigenvalue weighted by atomic mass is 16.7. The summed E-state index contributed by atoms with van der Waals surface area (Å²) in [5.41, 5.74) is 0.